The molecule has 0 radical (unpaired) electrons. The van der Waals surface area contributed by atoms with Gasteiger partial charge in [-0.2, -0.15) is 13.2 Å². The zero-order chi connectivity index (χ0) is 24.4. The highest BCUT2D eigenvalue weighted by Crippen LogP contribution is 2.68. The van der Waals surface area contributed by atoms with E-state index in [1.54, 1.807) is 24.4 Å². The summed E-state index contributed by atoms with van der Waals surface area (Å²) in [6.07, 6.45) is 0.0971. The topological polar surface area (TPSA) is 51.7 Å². The first-order chi connectivity index (χ1) is 16.7. The minimum atomic E-state index is -4.26. The standard InChI is InChI=1S/C27H25F3N2O3/c1-34-19-4-2-3-17(11-19)5-6-18-13-31-14-21-22-12-20(35-23(18)21)15-32(22)24(33)25-7-9-26(16-25,10-8-25)27(28,29)30/h2-4,11,13-14,20,22H,7-10,12,15-16H2,1H3/t20-,22-,25?,26?/m0/s1. The summed E-state index contributed by atoms with van der Waals surface area (Å²) in [5.74, 6) is 7.42. The summed E-state index contributed by atoms with van der Waals surface area (Å²) in [4.78, 5) is 19.9. The number of carbonyl (C=O) groups is 1. The van der Waals surface area contributed by atoms with Crippen LogP contribution >= 0.6 is 0 Å². The van der Waals surface area contributed by atoms with Gasteiger partial charge in [-0.05, 0) is 50.3 Å². The Morgan fingerprint density at radius 3 is 2.71 bits per heavy atom. The molecule has 182 valence electrons. The molecule has 2 aliphatic carbocycles. The van der Waals surface area contributed by atoms with Gasteiger partial charge in [-0.25, -0.2) is 0 Å². The van der Waals surface area contributed by atoms with Gasteiger partial charge in [-0.1, -0.05) is 17.9 Å². The first kappa shape index (κ1) is 22.3. The normalized spacial score (nSPS) is 30.3. The van der Waals surface area contributed by atoms with Crippen LogP contribution in [0.2, 0.25) is 0 Å². The van der Waals surface area contributed by atoms with E-state index in [0.29, 0.717) is 42.9 Å². The number of halogens is 3. The zero-order valence-corrected chi connectivity index (χ0v) is 19.3. The molecule has 5 nitrogen and oxygen atoms in total. The summed E-state index contributed by atoms with van der Waals surface area (Å²) in [5.41, 5.74) is -0.419. The molecule has 0 spiro atoms. The lowest BCUT2D eigenvalue weighted by atomic mass is 9.81. The van der Waals surface area contributed by atoms with Crippen molar-refractivity contribution in [1.82, 2.24) is 9.88 Å². The van der Waals surface area contributed by atoms with Crippen molar-refractivity contribution in [3.05, 3.63) is 53.3 Å². The molecule has 2 atom stereocenters. The van der Waals surface area contributed by atoms with Crippen LogP contribution in [0.4, 0.5) is 13.2 Å². The van der Waals surface area contributed by atoms with Crippen molar-refractivity contribution in [2.75, 3.05) is 13.7 Å². The van der Waals surface area contributed by atoms with Crippen molar-refractivity contribution in [3.63, 3.8) is 0 Å². The number of benzene rings is 1. The number of aromatic nitrogens is 1. The number of fused-ring (bicyclic) bond motifs is 6. The van der Waals surface area contributed by atoms with E-state index in [-0.39, 0.29) is 37.3 Å². The largest absolute Gasteiger partial charge is 0.497 e. The fraction of sp³-hybridized carbons (Fsp3) is 0.481. The van der Waals surface area contributed by atoms with Crippen LogP contribution in [-0.2, 0) is 4.79 Å². The maximum Gasteiger partial charge on any atom is 0.394 e. The Labute approximate surface area is 201 Å². The van der Waals surface area contributed by atoms with E-state index in [4.69, 9.17) is 9.47 Å². The molecule has 8 heteroatoms. The second-order valence-electron chi connectivity index (χ2n) is 10.3. The summed E-state index contributed by atoms with van der Waals surface area (Å²) in [6.45, 7) is 0.377. The smallest absolute Gasteiger partial charge is 0.394 e. The van der Waals surface area contributed by atoms with Gasteiger partial charge in [0.1, 0.15) is 17.6 Å². The highest BCUT2D eigenvalue weighted by Gasteiger charge is 2.69. The quantitative estimate of drug-likeness (QED) is 0.563. The zero-order valence-electron chi connectivity index (χ0n) is 19.3. The van der Waals surface area contributed by atoms with Crippen molar-refractivity contribution in [2.24, 2.45) is 10.8 Å². The Hall–Kier alpha value is -3.21. The van der Waals surface area contributed by atoms with Crippen molar-refractivity contribution >= 4 is 5.91 Å². The van der Waals surface area contributed by atoms with Crippen molar-refractivity contribution in [2.45, 2.75) is 56.8 Å². The summed E-state index contributed by atoms with van der Waals surface area (Å²) >= 11 is 0. The average Bonchev–Trinajstić information content (AvgIpc) is 3.54. The second kappa shape index (κ2) is 7.64. The van der Waals surface area contributed by atoms with Crippen LogP contribution in [0.5, 0.6) is 11.5 Å². The molecule has 4 bridgehead atoms. The van der Waals surface area contributed by atoms with Crippen LogP contribution in [-0.4, -0.2) is 41.7 Å². The van der Waals surface area contributed by atoms with Gasteiger partial charge in [0, 0.05) is 29.9 Å². The molecule has 3 fully saturated rings. The number of alkyl halides is 3. The van der Waals surface area contributed by atoms with E-state index >= 15 is 0 Å². The lowest BCUT2D eigenvalue weighted by Crippen LogP contribution is -2.41. The molecule has 3 heterocycles. The molecule has 2 aromatic rings. The number of pyridine rings is 1. The number of amides is 1. The van der Waals surface area contributed by atoms with Gasteiger partial charge >= 0.3 is 6.18 Å². The van der Waals surface area contributed by atoms with Gasteiger partial charge in [-0.3, -0.25) is 9.78 Å². The number of hydrogen-bond donors (Lipinski definition) is 0. The highest BCUT2D eigenvalue weighted by molar-refractivity contribution is 5.85. The van der Waals surface area contributed by atoms with Crippen LogP contribution < -0.4 is 9.47 Å². The van der Waals surface area contributed by atoms with Crippen molar-refractivity contribution in [3.8, 4) is 23.3 Å². The summed E-state index contributed by atoms with van der Waals surface area (Å²) < 4.78 is 52.8. The number of ether oxygens (including phenoxy) is 2. The van der Waals surface area contributed by atoms with Gasteiger partial charge in [-0.15, -0.1) is 0 Å². The Kier molecular flexibility index (Phi) is 4.86. The van der Waals surface area contributed by atoms with E-state index in [1.807, 2.05) is 24.3 Å². The summed E-state index contributed by atoms with van der Waals surface area (Å²) in [5, 5.41) is 0. The van der Waals surface area contributed by atoms with Crippen LogP contribution in [0, 0.1) is 22.7 Å². The van der Waals surface area contributed by atoms with Gasteiger partial charge in [0.25, 0.3) is 0 Å². The Morgan fingerprint density at radius 2 is 2.00 bits per heavy atom. The van der Waals surface area contributed by atoms with E-state index in [0.717, 1.165) is 11.1 Å². The number of likely N-dealkylation sites (tertiary alicyclic amines) is 1. The van der Waals surface area contributed by atoms with Crippen LogP contribution in [0.3, 0.4) is 0 Å². The van der Waals surface area contributed by atoms with Crippen LogP contribution in [0.1, 0.15) is 61.3 Å². The molecule has 0 N–H and O–H groups in total. The molecule has 4 aliphatic rings. The summed E-state index contributed by atoms with van der Waals surface area (Å²) in [7, 11) is 1.60. The van der Waals surface area contributed by atoms with E-state index < -0.39 is 17.0 Å². The number of nitrogens with zero attached hydrogens (tertiary/aromatic N) is 2. The minimum absolute atomic E-state index is 0.0445. The maximum atomic E-state index is 13.8. The molecule has 2 aliphatic heterocycles. The highest BCUT2D eigenvalue weighted by atomic mass is 19.4. The molecule has 35 heavy (non-hydrogen) atoms. The fourth-order valence-corrected chi connectivity index (χ4v) is 6.52. The monoisotopic (exact) mass is 482 g/mol. The molecule has 1 aromatic carbocycles. The molecule has 1 saturated heterocycles. The SMILES string of the molecule is COc1cccc(C#Cc2cncc3c2O[C@H]2C[C@@H]3N(C(=O)C34CCC(C(F)(F)F)(CC3)C4)C2)c1. The summed E-state index contributed by atoms with van der Waals surface area (Å²) in [6, 6.07) is 7.17. The molecular weight excluding hydrogens is 457 g/mol. The third kappa shape index (κ3) is 3.39. The number of rotatable bonds is 2. The predicted octanol–water partition coefficient (Wildman–Crippen LogP) is 5.04. The Balaban J connectivity index is 1.29. The molecule has 1 amide bonds. The van der Waals surface area contributed by atoms with E-state index in [1.165, 1.54) is 0 Å². The predicted molar refractivity (Wildman–Crippen MR) is 121 cm³/mol. The van der Waals surface area contributed by atoms with Crippen LogP contribution in [0.25, 0.3) is 0 Å². The number of hydrogen-bond acceptors (Lipinski definition) is 4. The van der Waals surface area contributed by atoms with Gasteiger partial charge < -0.3 is 14.4 Å². The molecule has 1 aromatic heterocycles. The van der Waals surface area contributed by atoms with Gasteiger partial charge in [0.15, 0.2) is 0 Å². The first-order valence-corrected chi connectivity index (χ1v) is 11.9. The third-order valence-corrected chi connectivity index (χ3v) is 8.40. The Bertz CT molecular complexity index is 1250. The van der Waals surface area contributed by atoms with Crippen molar-refractivity contribution in [1.29, 1.82) is 0 Å². The number of methoxy groups -OCH3 is 1. The molecule has 2 saturated carbocycles. The lowest BCUT2D eigenvalue weighted by Gasteiger charge is -2.34. The Morgan fingerprint density at radius 1 is 1.20 bits per heavy atom. The van der Waals surface area contributed by atoms with Gasteiger partial charge in [0.05, 0.1) is 36.1 Å². The molecular formula is C27H25F3N2O3. The molecule has 6 rings (SSSR count). The average molecular weight is 483 g/mol. The minimum Gasteiger partial charge on any atom is -0.497 e. The molecule has 0 unspecified atom stereocenters. The fourth-order valence-electron chi connectivity index (χ4n) is 6.52. The lowest BCUT2D eigenvalue weighted by molar-refractivity contribution is -0.220. The van der Waals surface area contributed by atoms with E-state index in [2.05, 4.69) is 16.8 Å². The first-order valence-electron chi connectivity index (χ1n) is 11.9. The maximum absolute atomic E-state index is 13.8. The van der Waals surface area contributed by atoms with E-state index in [9.17, 15) is 18.0 Å². The van der Waals surface area contributed by atoms with Gasteiger partial charge in [0.2, 0.25) is 5.91 Å². The number of carbonyl (C=O) groups excluding carboxylic acids is 1. The third-order valence-electron chi connectivity index (χ3n) is 8.40. The second-order valence-corrected chi connectivity index (χ2v) is 10.3. The van der Waals surface area contributed by atoms with Crippen molar-refractivity contribution < 1.29 is 27.4 Å². The van der Waals surface area contributed by atoms with Crippen LogP contribution in [0.15, 0.2) is 36.7 Å².